The molecule has 1 aromatic heterocycles. The number of nitrogens with zero attached hydrogens (tertiary/aromatic N) is 2. The van der Waals surface area contributed by atoms with Crippen LogP contribution in [0.2, 0.25) is 5.02 Å². The first-order valence-corrected chi connectivity index (χ1v) is 7.00. The van der Waals surface area contributed by atoms with Gasteiger partial charge in [-0.25, -0.2) is 4.68 Å². The number of nitrogens with one attached hydrogen (secondary N) is 1. The third-order valence-electron chi connectivity index (χ3n) is 2.98. The lowest BCUT2D eigenvalue weighted by atomic mass is 10.1. The molecule has 0 fully saturated rings. The van der Waals surface area contributed by atoms with Crippen molar-refractivity contribution in [3.63, 3.8) is 0 Å². The Morgan fingerprint density at radius 3 is 2.80 bits per heavy atom. The summed E-state index contributed by atoms with van der Waals surface area (Å²) in [6.07, 6.45) is 4.41. The largest absolute Gasteiger partial charge is 0.468 e. The number of anilines is 1. The summed E-state index contributed by atoms with van der Waals surface area (Å²) in [5, 5.41) is 7.18. The molecular formula is C13H20ClN3O3. The second-order valence-corrected chi connectivity index (χ2v) is 4.83. The van der Waals surface area contributed by atoms with Gasteiger partial charge in [-0.1, -0.05) is 31.9 Å². The average molecular weight is 302 g/mol. The van der Waals surface area contributed by atoms with E-state index >= 15 is 0 Å². The summed E-state index contributed by atoms with van der Waals surface area (Å²) in [4.78, 5) is 23.1. The average Bonchev–Trinajstić information content (AvgIpc) is 2.45. The molecule has 0 saturated carbocycles. The molecule has 0 amide bonds. The fraction of sp³-hybridized carbons (Fsp3) is 0.615. The normalized spacial score (nSPS) is 12.0. The number of carbonyl (C=O) groups is 1. The summed E-state index contributed by atoms with van der Waals surface area (Å²) in [7, 11) is 1.25. The maximum Gasteiger partial charge on any atom is 0.327 e. The standard InChI is InChI=1S/C13H20ClN3O3/c1-4-6-9(5-2)16-10-7-15-17(8-11(18)20-3)13(19)12(10)14/h7,9,16H,4-6,8H2,1-3H3. The lowest BCUT2D eigenvalue weighted by Gasteiger charge is -2.18. The topological polar surface area (TPSA) is 73.2 Å². The van der Waals surface area contributed by atoms with Crippen LogP contribution in [0, 0.1) is 0 Å². The third kappa shape index (κ3) is 4.23. The van der Waals surface area contributed by atoms with Crippen LogP contribution in [0.3, 0.4) is 0 Å². The van der Waals surface area contributed by atoms with E-state index in [1.54, 1.807) is 0 Å². The van der Waals surface area contributed by atoms with E-state index in [1.165, 1.54) is 13.3 Å². The second-order valence-electron chi connectivity index (χ2n) is 4.45. The summed E-state index contributed by atoms with van der Waals surface area (Å²) in [5.74, 6) is -0.547. The molecule has 0 aliphatic heterocycles. The van der Waals surface area contributed by atoms with Gasteiger partial charge in [0.2, 0.25) is 0 Å². The summed E-state index contributed by atoms with van der Waals surface area (Å²) in [5.41, 5.74) is -0.00787. The SMILES string of the molecule is CCCC(CC)Nc1cnn(CC(=O)OC)c(=O)c1Cl. The molecule has 0 radical (unpaired) electrons. The summed E-state index contributed by atoms with van der Waals surface area (Å²) in [6.45, 7) is 3.91. The van der Waals surface area contributed by atoms with Crippen LogP contribution >= 0.6 is 11.6 Å². The van der Waals surface area contributed by atoms with E-state index in [1.807, 2.05) is 0 Å². The highest BCUT2D eigenvalue weighted by molar-refractivity contribution is 6.32. The van der Waals surface area contributed by atoms with Crippen molar-refractivity contribution in [2.75, 3.05) is 12.4 Å². The van der Waals surface area contributed by atoms with Crippen LogP contribution in [0.15, 0.2) is 11.0 Å². The van der Waals surface area contributed by atoms with Crippen LogP contribution in [0.1, 0.15) is 33.1 Å². The van der Waals surface area contributed by atoms with Gasteiger partial charge in [0.15, 0.2) is 0 Å². The van der Waals surface area contributed by atoms with Crippen LogP contribution in [0.4, 0.5) is 5.69 Å². The van der Waals surface area contributed by atoms with Gasteiger partial charge >= 0.3 is 5.97 Å². The van der Waals surface area contributed by atoms with E-state index in [9.17, 15) is 9.59 Å². The number of methoxy groups -OCH3 is 1. The Hall–Kier alpha value is -1.56. The molecule has 1 N–H and O–H groups in total. The number of hydrogen-bond donors (Lipinski definition) is 1. The summed E-state index contributed by atoms with van der Waals surface area (Å²) in [6, 6.07) is 0.246. The van der Waals surface area contributed by atoms with Crippen molar-refractivity contribution in [3.8, 4) is 0 Å². The molecule has 112 valence electrons. The van der Waals surface area contributed by atoms with E-state index in [0.717, 1.165) is 23.9 Å². The summed E-state index contributed by atoms with van der Waals surface area (Å²) < 4.78 is 5.48. The van der Waals surface area contributed by atoms with Crippen molar-refractivity contribution < 1.29 is 9.53 Å². The minimum atomic E-state index is -0.547. The molecule has 1 aromatic rings. The lowest BCUT2D eigenvalue weighted by Crippen LogP contribution is -2.29. The van der Waals surface area contributed by atoms with Gasteiger partial charge in [-0.3, -0.25) is 9.59 Å². The Labute approximate surface area is 123 Å². The highest BCUT2D eigenvalue weighted by Gasteiger charge is 2.14. The highest BCUT2D eigenvalue weighted by atomic mass is 35.5. The summed E-state index contributed by atoms with van der Waals surface area (Å²) >= 11 is 6.04. The first-order valence-electron chi connectivity index (χ1n) is 6.62. The molecule has 0 saturated heterocycles. The zero-order chi connectivity index (χ0) is 15.1. The molecule has 0 aliphatic rings. The van der Waals surface area contributed by atoms with Crippen LogP contribution < -0.4 is 10.9 Å². The molecule has 6 nitrogen and oxygen atoms in total. The Balaban J connectivity index is 2.94. The van der Waals surface area contributed by atoms with Crippen LogP contribution in [-0.2, 0) is 16.1 Å². The van der Waals surface area contributed by atoms with E-state index in [2.05, 4.69) is 29.0 Å². The van der Waals surface area contributed by atoms with Crippen molar-refractivity contribution in [2.24, 2.45) is 0 Å². The molecule has 20 heavy (non-hydrogen) atoms. The van der Waals surface area contributed by atoms with Gasteiger partial charge in [0.05, 0.1) is 19.0 Å². The molecule has 0 aromatic carbocycles. The van der Waals surface area contributed by atoms with Crippen molar-refractivity contribution >= 4 is 23.3 Å². The van der Waals surface area contributed by atoms with Gasteiger partial charge in [0, 0.05) is 6.04 Å². The van der Waals surface area contributed by atoms with Crippen molar-refractivity contribution in [2.45, 2.75) is 45.7 Å². The molecule has 0 spiro atoms. The van der Waals surface area contributed by atoms with E-state index < -0.39 is 11.5 Å². The number of aromatic nitrogens is 2. The zero-order valence-electron chi connectivity index (χ0n) is 12.0. The fourth-order valence-electron chi connectivity index (χ4n) is 1.81. The van der Waals surface area contributed by atoms with Gasteiger partial charge in [-0.05, 0) is 12.8 Å². The Morgan fingerprint density at radius 2 is 2.25 bits per heavy atom. The van der Waals surface area contributed by atoms with Crippen molar-refractivity contribution in [1.82, 2.24) is 9.78 Å². The van der Waals surface area contributed by atoms with E-state index in [4.69, 9.17) is 11.6 Å². The van der Waals surface area contributed by atoms with Gasteiger partial charge in [-0.15, -0.1) is 0 Å². The molecule has 0 bridgehead atoms. The third-order valence-corrected chi connectivity index (χ3v) is 3.35. The fourth-order valence-corrected chi connectivity index (χ4v) is 2.01. The lowest BCUT2D eigenvalue weighted by molar-refractivity contribution is -0.141. The Morgan fingerprint density at radius 1 is 1.55 bits per heavy atom. The van der Waals surface area contributed by atoms with E-state index in [-0.39, 0.29) is 17.6 Å². The van der Waals surface area contributed by atoms with Gasteiger partial charge in [0.1, 0.15) is 11.6 Å². The first-order chi connectivity index (χ1) is 9.53. The van der Waals surface area contributed by atoms with Crippen LogP contribution in [-0.4, -0.2) is 28.9 Å². The van der Waals surface area contributed by atoms with E-state index in [0.29, 0.717) is 5.69 Å². The number of esters is 1. The van der Waals surface area contributed by atoms with Crippen molar-refractivity contribution in [3.05, 3.63) is 21.6 Å². The number of hydrogen-bond acceptors (Lipinski definition) is 5. The predicted octanol–water partition coefficient (Wildman–Crippen LogP) is 2.06. The number of ether oxygens (including phenoxy) is 1. The number of carbonyl (C=O) groups excluding carboxylic acids is 1. The van der Waals surface area contributed by atoms with Gasteiger partial charge in [-0.2, -0.15) is 5.10 Å². The smallest absolute Gasteiger partial charge is 0.327 e. The maximum atomic E-state index is 12.0. The molecule has 1 atom stereocenters. The van der Waals surface area contributed by atoms with Crippen LogP contribution in [0.5, 0.6) is 0 Å². The second kappa shape index (κ2) is 7.89. The Kier molecular flexibility index (Phi) is 6.51. The molecule has 1 unspecified atom stereocenters. The van der Waals surface area contributed by atoms with Gasteiger partial charge in [0.25, 0.3) is 5.56 Å². The predicted molar refractivity (Wildman–Crippen MR) is 78.1 cm³/mol. The monoisotopic (exact) mass is 301 g/mol. The number of halogens is 1. The molecular weight excluding hydrogens is 282 g/mol. The zero-order valence-corrected chi connectivity index (χ0v) is 12.7. The maximum absolute atomic E-state index is 12.0. The van der Waals surface area contributed by atoms with Crippen molar-refractivity contribution in [1.29, 1.82) is 0 Å². The molecule has 1 heterocycles. The highest BCUT2D eigenvalue weighted by Crippen LogP contribution is 2.18. The first kappa shape index (κ1) is 16.5. The number of rotatable bonds is 7. The molecule has 0 aliphatic carbocycles. The Bertz CT molecular complexity index is 516. The minimum Gasteiger partial charge on any atom is -0.468 e. The molecule has 7 heteroatoms. The van der Waals surface area contributed by atoms with Gasteiger partial charge < -0.3 is 10.1 Å². The minimum absolute atomic E-state index is 0.0402. The molecule has 1 rings (SSSR count). The van der Waals surface area contributed by atoms with Crippen LogP contribution in [0.25, 0.3) is 0 Å². The quantitative estimate of drug-likeness (QED) is 0.780.